The van der Waals surface area contributed by atoms with Crippen molar-refractivity contribution in [3.8, 4) is 0 Å². The van der Waals surface area contributed by atoms with Crippen molar-refractivity contribution in [2.45, 2.75) is 45.4 Å². The second kappa shape index (κ2) is 8.59. The first kappa shape index (κ1) is 20.8. The Kier molecular flexibility index (Phi) is 6.15. The molecule has 5 nitrogen and oxygen atoms in total. The third kappa shape index (κ3) is 6.01. The Morgan fingerprint density at radius 1 is 1.10 bits per heavy atom. The summed E-state index contributed by atoms with van der Waals surface area (Å²) >= 11 is 0. The molecule has 2 amide bonds. The van der Waals surface area contributed by atoms with Gasteiger partial charge < -0.3 is 15.1 Å². The zero-order chi connectivity index (χ0) is 21.0. The minimum absolute atomic E-state index is 0.236. The number of halogens is 2. The Hall–Kier alpha value is -2.96. The molecule has 154 valence electrons. The van der Waals surface area contributed by atoms with Crippen molar-refractivity contribution >= 4 is 11.7 Å². The zero-order valence-electron chi connectivity index (χ0n) is 16.8. The molecule has 1 aliphatic heterocycles. The number of urea groups is 1. The number of hydrogen-bond acceptors (Lipinski definition) is 3. The third-order valence-electron chi connectivity index (χ3n) is 4.39. The number of oxime groups is 1. The number of carbonyl (C=O) groups excluding carboxylic acids is 1. The molecule has 0 unspecified atom stereocenters. The number of amides is 2. The molecule has 3 rings (SSSR count). The minimum atomic E-state index is -0.398. The summed E-state index contributed by atoms with van der Waals surface area (Å²) in [7, 11) is 0. The second-order valence-electron chi connectivity index (χ2n) is 8.16. The first-order valence-electron chi connectivity index (χ1n) is 9.50. The van der Waals surface area contributed by atoms with Crippen LogP contribution in [0.5, 0.6) is 0 Å². The highest BCUT2D eigenvalue weighted by Gasteiger charge is 2.28. The van der Waals surface area contributed by atoms with E-state index in [0.717, 1.165) is 11.1 Å². The van der Waals surface area contributed by atoms with Crippen LogP contribution in [0.4, 0.5) is 13.6 Å². The summed E-state index contributed by atoms with van der Waals surface area (Å²) < 4.78 is 26.3. The summed E-state index contributed by atoms with van der Waals surface area (Å²) in [6, 6.07) is 11.9. The standard InChI is InChI=1S/C22H25F2N3O2/c1-22(2,3)25-21(28)27(13-15-4-8-17(23)9-5-15)14-19-12-20(26-29-19)16-6-10-18(24)11-7-16/h4-11,19H,12-14H2,1-3H3,(H,25,28)/t19-/m0/s1. The summed E-state index contributed by atoms with van der Waals surface area (Å²) in [4.78, 5) is 20.0. The van der Waals surface area contributed by atoms with Crippen LogP contribution < -0.4 is 5.32 Å². The van der Waals surface area contributed by atoms with Gasteiger partial charge in [-0.1, -0.05) is 29.4 Å². The average molecular weight is 401 g/mol. The van der Waals surface area contributed by atoms with E-state index in [0.29, 0.717) is 25.2 Å². The van der Waals surface area contributed by atoms with Gasteiger partial charge in [0.2, 0.25) is 0 Å². The smallest absolute Gasteiger partial charge is 0.318 e. The van der Waals surface area contributed by atoms with Crippen molar-refractivity contribution in [1.82, 2.24) is 10.2 Å². The molecule has 1 aliphatic rings. The number of hydrogen-bond donors (Lipinski definition) is 1. The predicted molar refractivity (Wildman–Crippen MR) is 108 cm³/mol. The molecule has 0 spiro atoms. The van der Waals surface area contributed by atoms with Gasteiger partial charge in [-0.3, -0.25) is 0 Å². The first-order valence-corrected chi connectivity index (χ1v) is 9.50. The fraction of sp³-hybridized carbons (Fsp3) is 0.364. The van der Waals surface area contributed by atoms with Crippen molar-refractivity contribution in [3.05, 3.63) is 71.3 Å². The van der Waals surface area contributed by atoms with Gasteiger partial charge in [-0.05, 0) is 56.2 Å². The molecule has 2 aromatic rings. The van der Waals surface area contributed by atoms with Crippen molar-refractivity contribution in [2.75, 3.05) is 6.54 Å². The maximum absolute atomic E-state index is 13.2. The highest BCUT2D eigenvalue weighted by atomic mass is 19.1. The lowest BCUT2D eigenvalue weighted by Gasteiger charge is -2.29. The van der Waals surface area contributed by atoms with Crippen LogP contribution >= 0.6 is 0 Å². The molecule has 0 saturated carbocycles. The van der Waals surface area contributed by atoms with Crippen LogP contribution in [0.1, 0.15) is 38.3 Å². The van der Waals surface area contributed by atoms with E-state index >= 15 is 0 Å². The molecule has 1 atom stereocenters. The van der Waals surface area contributed by atoms with Crippen LogP contribution in [0.15, 0.2) is 53.7 Å². The molecule has 0 saturated heterocycles. The van der Waals surface area contributed by atoms with Gasteiger partial charge in [-0.2, -0.15) is 0 Å². The van der Waals surface area contributed by atoms with E-state index in [9.17, 15) is 13.6 Å². The molecule has 1 heterocycles. The molecule has 0 aliphatic carbocycles. The van der Waals surface area contributed by atoms with E-state index in [1.54, 1.807) is 29.2 Å². The van der Waals surface area contributed by atoms with Gasteiger partial charge in [0.15, 0.2) is 6.10 Å². The Balaban J connectivity index is 1.68. The normalized spacial score (nSPS) is 16.2. The highest BCUT2D eigenvalue weighted by molar-refractivity contribution is 6.01. The van der Waals surface area contributed by atoms with E-state index in [1.807, 2.05) is 20.8 Å². The molecule has 29 heavy (non-hydrogen) atoms. The summed E-state index contributed by atoms with van der Waals surface area (Å²) in [5.74, 6) is -0.634. The molecule has 1 N–H and O–H groups in total. The van der Waals surface area contributed by atoms with Crippen LogP contribution in [0, 0.1) is 11.6 Å². The number of benzene rings is 2. The Morgan fingerprint density at radius 2 is 1.69 bits per heavy atom. The lowest BCUT2D eigenvalue weighted by atomic mass is 10.0. The molecule has 0 fully saturated rings. The van der Waals surface area contributed by atoms with Gasteiger partial charge >= 0.3 is 6.03 Å². The maximum Gasteiger partial charge on any atom is 0.318 e. The van der Waals surface area contributed by atoms with E-state index in [4.69, 9.17) is 4.84 Å². The van der Waals surface area contributed by atoms with Crippen molar-refractivity contribution < 1.29 is 18.4 Å². The fourth-order valence-corrected chi connectivity index (χ4v) is 3.01. The lowest BCUT2D eigenvalue weighted by molar-refractivity contribution is 0.0580. The van der Waals surface area contributed by atoms with Crippen LogP contribution in [0.2, 0.25) is 0 Å². The van der Waals surface area contributed by atoms with Gasteiger partial charge in [0.05, 0.1) is 12.3 Å². The van der Waals surface area contributed by atoms with Gasteiger partial charge in [0.1, 0.15) is 11.6 Å². The lowest BCUT2D eigenvalue weighted by Crippen LogP contribution is -2.50. The molecular weight excluding hydrogens is 376 g/mol. The SMILES string of the molecule is CC(C)(C)NC(=O)N(Cc1ccc(F)cc1)C[C@@H]1CC(c2ccc(F)cc2)=NO1. The topological polar surface area (TPSA) is 53.9 Å². The Labute approximate surface area is 169 Å². The van der Waals surface area contributed by atoms with E-state index in [1.165, 1.54) is 24.3 Å². The summed E-state index contributed by atoms with van der Waals surface area (Å²) in [5, 5.41) is 7.06. The Bertz CT molecular complexity index is 874. The summed E-state index contributed by atoms with van der Waals surface area (Å²) in [5.41, 5.74) is 1.92. The van der Waals surface area contributed by atoms with E-state index in [2.05, 4.69) is 10.5 Å². The fourth-order valence-electron chi connectivity index (χ4n) is 3.01. The minimum Gasteiger partial charge on any atom is -0.390 e. The van der Waals surface area contributed by atoms with E-state index < -0.39 is 5.54 Å². The molecular formula is C22H25F2N3O2. The van der Waals surface area contributed by atoms with Crippen LogP contribution in [-0.2, 0) is 11.4 Å². The molecule has 0 aromatic heterocycles. The highest BCUT2D eigenvalue weighted by Crippen LogP contribution is 2.19. The third-order valence-corrected chi connectivity index (χ3v) is 4.39. The largest absolute Gasteiger partial charge is 0.390 e. The summed E-state index contributed by atoms with van der Waals surface area (Å²) in [6.45, 7) is 6.34. The van der Waals surface area contributed by atoms with Gasteiger partial charge in [-0.15, -0.1) is 0 Å². The van der Waals surface area contributed by atoms with E-state index in [-0.39, 0.29) is 23.8 Å². The molecule has 7 heteroatoms. The van der Waals surface area contributed by atoms with Crippen molar-refractivity contribution in [1.29, 1.82) is 0 Å². The number of nitrogens with zero attached hydrogens (tertiary/aromatic N) is 2. The predicted octanol–water partition coefficient (Wildman–Crippen LogP) is 4.47. The maximum atomic E-state index is 13.2. The summed E-state index contributed by atoms with van der Waals surface area (Å²) in [6.07, 6.45) is 0.190. The number of rotatable bonds is 5. The molecule has 0 bridgehead atoms. The van der Waals surface area contributed by atoms with Crippen LogP contribution in [-0.4, -0.2) is 34.8 Å². The van der Waals surface area contributed by atoms with Crippen molar-refractivity contribution in [3.63, 3.8) is 0 Å². The zero-order valence-corrected chi connectivity index (χ0v) is 16.8. The van der Waals surface area contributed by atoms with Gasteiger partial charge in [-0.25, -0.2) is 13.6 Å². The molecule has 2 aromatic carbocycles. The Morgan fingerprint density at radius 3 is 2.28 bits per heavy atom. The second-order valence-corrected chi connectivity index (χ2v) is 8.16. The average Bonchev–Trinajstić information content (AvgIpc) is 3.11. The van der Waals surface area contributed by atoms with Crippen LogP contribution in [0.3, 0.4) is 0 Å². The quantitative estimate of drug-likeness (QED) is 0.804. The van der Waals surface area contributed by atoms with Gasteiger partial charge in [0.25, 0.3) is 0 Å². The number of nitrogens with one attached hydrogen (secondary N) is 1. The molecule has 0 radical (unpaired) electrons. The van der Waals surface area contributed by atoms with Crippen molar-refractivity contribution in [2.24, 2.45) is 5.16 Å². The van der Waals surface area contributed by atoms with Crippen LogP contribution in [0.25, 0.3) is 0 Å². The number of carbonyl (C=O) groups is 1. The first-order chi connectivity index (χ1) is 13.7. The van der Waals surface area contributed by atoms with Gasteiger partial charge in [0, 0.05) is 18.5 Å². The monoisotopic (exact) mass is 401 g/mol.